The average Bonchev–Trinajstić information content (AvgIpc) is 2.35. The van der Waals surface area contributed by atoms with Crippen LogP contribution in [0.5, 0.6) is 0 Å². The molecule has 0 aromatic heterocycles. The summed E-state index contributed by atoms with van der Waals surface area (Å²) in [6, 6.07) is 0. The molecule has 2 heteroatoms. The molecular formula is C21H34O2. The largest absolute Gasteiger partial charge is 0.458 e. The fraction of sp³-hybridized carbons (Fsp3) is 0.952. The Morgan fingerprint density at radius 3 is 2.09 bits per heavy atom. The predicted molar refractivity (Wildman–Crippen MR) is 91.8 cm³/mol. The molecule has 4 saturated carbocycles. The molecule has 4 aliphatic rings. The van der Waals surface area contributed by atoms with Crippen molar-refractivity contribution in [3.63, 3.8) is 0 Å². The Balaban J connectivity index is 1.53. The molecule has 0 saturated heterocycles. The fourth-order valence-corrected chi connectivity index (χ4v) is 7.30. The van der Waals surface area contributed by atoms with Crippen LogP contribution in [0.25, 0.3) is 0 Å². The van der Waals surface area contributed by atoms with Crippen molar-refractivity contribution in [2.75, 3.05) is 0 Å². The minimum absolute atomic E-state index is 0.0345. The van der Waals surface area contributed by atoms with Gasteiger partial charge in [0.15, 0.2) is 0 Å². The molecular weight excluding hydrogens is 284 g/mol. The molecule has 2 nitrogen and oxygen atoms in total. The average molecular weight is 319 g/mol. The van der Waals surface area contributed by atoms with Gasteiger partial charge in [0.05, 0.1) is 5.41 Å². The van der Waals surface area contributed by atoms with E-state index in [1.165, 1.54) is 12.8 Å². The number of esters is 1. The van der Waals surface area contributed by atoms with Gasteiger partial charge in [0.25, 0.3) is 0 Å². The second-order valence-corrected chi connectivity index (χ2v) is 10.8. The molecule has 0 aliphatic heterocycles. The van der Waals surface area contributed by atoms with Crippen molar-refractivity contribution in [1.82, 2.24) is 0 Å². The van der Waals surface area contributed by atoms with Gasteiger partial charge >= 0.3 is 5.97 Å². The Morgan fingerprint density at radius 2 is 1.70 bits per heavy atom. The number of hydrogen-bond acceptors (Lipinski definition) is 2. The highest BCUT2D eigenvalue weighted by atomic mass is 16.6. The van der Waals surface area contributed by atoms with Crippen LogP contribution in [0.4, 0.5) is 0 Å². The molecule has 4 unspecified atom stereocenters. The predicted octanol–water partition coefficient (Wildman–Crippen LogP) is 5.21. The van der Waals surface area contributed by atoms with Gasteiger partial charge in [-0.25, -0.2) is 0 Å². The third-order valence-corrected chi connectivity index (χ3v) is 8.46. The van der Waals surface area contributed by atoms with Gasteiger partial charge in [0, 0.05) is 5.41 Å². The quantitative estimate of drug-likeness (QED) is 0.651. The Morgan fingerprint density at radius 1 is 1.13 bits per heavy atom. The lowest BCUT2D eigenvalue weighted by atomic mass is 9.16. The van der Waals surface area contributed by atoms with E-state index in [1.54, 1.807) is 0 Å². The van der Waals surface area contributed by atoms with Gasteiger partial charge in [-0.05, 0) is 68.1 Å². The summed E-state index contributed by atoms with van der Waals surface area (Å²) in [6.45, 7) is 13.3. The minimum atomic E-state index is -0.350. The summed E-state index contributed by atoms with van der Waals surface area (Å²) in [5.41, 5.74) is 0.235. The van der Waals surface area contributed by atoms with Crippen LogP contribution in [0.2, 0.25) is 0 Å². The minimum Gasteiger partial charge on any atom is -0.458 e. The van der Waals surface area contributed by atoms with Crippen LogP contribution < -0.4 is 0 Å². The normalized spacial score (nSPS) is 46.6. The summed E-state index contributed by atoms with van der Waals surface area (Å²) in [6.07, 6.45) is 7.11. The molecule has 0 aromatic carbocycles. The number of carbonyl (C=O) groups excluding carboxylic acids is 1. The van der Waals surface area contributed by atoms with Gasteiger partial charge in [-0.1, -0.05) is 41.0 Å². The van der Waals surface area contributed by atoms with Crippen molar-refractivity contribution >= 4 is 5.97 Å². The van der Waals surface area contributed by atoms with Gasteiger partial charge in [-0.15, -0.1) is 0 Å². The van der Waals surface area contributed by atoms with Crippen molar-refractivity contribution in [2.24, 2.45) is 39.9 Å². The Kier molecular flexibility index (Phi) is 3.02. The van der Waals surface area contributed by atoms with E-state index in [0.717, 1.165) is 43.4 Å². The molecule has 0 heterocycles. The first-order valence-corrected chi connectivity index (χ1v) is 9.82. The molecule has 0 radical (unpaired) electrons. The van der Waals surface area contributed by atoms with E-state index >= 15 is 0 Å². The maximum absolute atomic E-state index is 13.3. The molecule has 1 spiro atoms. The second-order valence-electron chi connectivity index (χ2n) is 10.8. The zero-order chi connectivity index (χ0) is 16.8. The van der Waals surface area contributed by atoms with Crippen LogP contribution in [-0.4, -0.2) is 11.6 Å². The van der Waals surface area contributed by atoms with Gasteiger partial charge < -0.3 is 4.74 Å². The highest BCUT2D eigenvalue weighted by molar-refractivity contribution is 5.78. The highest BCUT2D eigenvalue weighted by Crippen LogP contribution is 2.90. The Labute approximate surface area is 141 Å². The van der Waals surface area contributed by atoms with Crippen molar-refractivity contribution in [3.05, 3.63) is 0 Å². The van der Waals surface area contributed by atoms with E-state index in [1.807, 2.05) is 0 Å². The van der Waals surface area contributed by atoms with Gasteiger partial charge in [-0.2, -0.15) is 0 Å². The Bertz CT molecular complexity index is 517. The lowest BCUT2D eigenvalue weighted by Crippen LogP contribution is -2.89. The van der Waals surface area contributed by atoms with Crippen LogP contribution in [0.1, 0.15) is 80.1 Å². The maximum Gasteiger partial charge on any atom is 0.312 e. The molecule has 4 fully saturated rings. The number of carbonyl (C=O) groups is 1. The van der Waals surface area contributed by atoms with Gasteiger partial charge in [0.2, 0.25) is 0 Å². The molecule has 0 N–H and O–H groups in total. The highest BCUT2D eigenvalue weighted by Gasteiger charge is 2.90. The molecule has 0 amide bonds. The summed E-state index contributed by atoms with van der Waals surface area (Å²) in [4.78, 5) is 13.3. The first-order chi connectivity index (χ1) is 10.6. The summed E-state index contributed by atoms with van der Waals surface area (Å²) in [5.74, 6) is 3.15. The third-order valence-electron chi connectivity index (χ3n) is 8.46. The molecule has 130 valence electrons. The van der Waals surface area contributed by atoms with E-state index in [2.05, 4.69) is 41.5 Å². The summed E-state index contributed by atoms with van der Waals surface area (Å²) in [5, 5.41) is 0. The molecule has 4 rings (SSSR count). The van der Waals surface area contributed by atoms with Crippen LogP contribution in [-0.2, 0) is 9.53 Å². The molecule has 4 atom stereocenters. The first kappa shape index (κ1) is 16.0. The van der Waals surface area contributed by atoms with Crippen LogP contribution >= 0.6 is 0 Å². The van der Waals surface area contributed by atoms with Crippen molar-refractivity contribution in [1.29, 1.82) is 0 Å². The fourth-order valence-electron chi connectivity index (χ4n) is 7.30. The van der Waals surface area contributed by atoms with E-state index in [9.17, 15) is 4.79 Å². The molecule has 4 aliphatic carbocycles. The summed E-state index contributed by atoms with van der Waals surface area (Å²) >= 11 is 0. The standard InChI is InChI=1S/C21H34O2/c1-7-13(2)19(6,12-18(3,4)5)17(22)23-20-10-15-8-14-9-16(11-20)21(14,15)20/h13-16H,7-12H2,1-6H3. The zero-order valence-electron chi connectivity index (χ0n) is 15.9. The second kappa shape index (κ2) is 4.35. The molecule has 0 bridgehead atoms. The van der Waals surface area contributed by atoms with Gasteiger partial charge in [0.1, 0.15) is 5.60 Å². The van der Waals surface area contributed by atoms with Crippen LogP contribution in [0.15, 0.2) is 0 Å². The third kappa shape index (κ3) is 1.69. The van der Waals surface area contributed by atoms with E-state index < -0.39 is 0 Å². The summed E-state index contributed by atoms with van der Waals surface area (Å²) in [7, 11) is 0. The lowest BCUT2D eigenvalue weighted by molar-refractivity contribution is -0.450. The Hall–Kier alpha value is -0.530. The SMILES string of the molecule is CCC(C)C(C)(CC(C)(C)C)C(=O)OC12CC3CC4CC(C1)C432. The maximum atomic E-state index is 13.3. The van der Waals surface area contributed by atoms with Gasteiger partial charge in [-0.3, -0.25) is 4.79 Å². The zero-order valence-corrected chi connectivity index (χ0v) is 15.9. The van der Waals surface area contributed by atoms with Crippen LogP contribution in [0, 0.1) is 39.9 Å². The molecule has 0 aromatic rings. The first-order valence-electron chi connectivity index (χ1n) is 9.82. The lowest BCUT2D eigenvalue weighted by Gasteiger charge is -2.89. The topological polar surface area (TPSA) is 26.3 Å². The number of ether oxygens (including phenoxy) is 1. The van der Waals surface area contributed by atoms with E-state index in [4.69, 9.17) is 4.74 Å². The number of hydrogen-bond donors (Lipinski definition) is 0. The van der Waals surface area contributed by atoms with Crippen molar-refractivity contribution in [3.8, 4) is 0 Å². The summed E-state index contributed by atoms with van der Waals surface area (Å²) < 4.78 is 6.39. The molecule has 23 heavy (non-hydrogen) atoms. The van der Waals surface area contributed by atoms with Crippen molar-refractivity contribution < 1.29 is 9.53 Å². The van der Waals surface area contributed by atoms with Crippen molar-refractivity contribution in [2.45, 2.75) is 85.7 Å². The van der Waals surface area contributed by atoms with E-state index in [0.29, 0.717) is 11.3 Å². The monoisotopic (exact) mass is 318 g/mol. The van der Waals surface area contributed by atoms with E-state index in [-0.39, 0.29) is 22.4 Å². The number of rotatable bonds is 5. The van der Waals surface area contributed by atoms with Crippen LogP contribution in [0.3, 0.4) is 0 Å². The smallest absolute Gasteiger partial charge is 0.312 e.